The fourth-order valence-corrected chi connectivity index (χ4v) is 2.47. The van der Waals surface area contributed by atoms with Gasteiger partial charge in [0.05, 0.1) is 12.2 Å². The number of hydrogen-bond acceptors (Lipinski definition) is 2. The number of halogens is 1. The SMILES string of the molecule is CN=C(NCc1ccccn1)NCC(C)(C)c1ccc(Br)cc1. The van der Waals surface area contributed by atoms with Gasteiger partial charge in [-0.2, -0.15) is 0 Å². The quantitative estimate of drug-likeness (QED) is 0.621. The van der Waals surface area contributed by atoms with E-state index in [1.165, 1.54) is 5.56 Å². The first-order chi connectivity index (χ1) is 11.0. The van der Waals surface area contributed by atoms with Gasteiger partial charge in [0.15, 0.2) is 5.96 Å². The molecule has 1 heterocycles. The molecule has 2 aromatic rings. The lowest BCUT2D eigenvalue weighted by Gasteiger charge is -2.27. The van der Waals surface area contributed by atoms with Crippen LogP contribution in [0.25, 0.3) is 0 Å². The van der Waals surface area contributed by atoms with Crippen molar-refractivity contribution in [1.82, 2.24) is 15.6 Å². The van der Waals surface area contributed by atoms with Crippen LogP contribution < -0.4 is 10.6 Å². The Balaban J connectivity index is 1.90. The van der Waals surface area contributed by atoms with E-state index in [1.807, 2.05) is 18.2 Å². The molecule has 23 heavy (non-hydrogen) atoms. The molecular formula is C18H23BrN4. The molecule has 0 atom stereocenters. The second-order valence-corrected chi connectivity index (χ2v) is 6.91. The van der Waals surface area contributed by atoms with Gasteiger partial charge in [-0.05, 0) is 29.8 Å². The first-order valence-electron chi connectivity index (χ1n) is 7.62. The van der Waals surface area contributed by atoms with Crippen molar-refractivity contribution in [1.29, 1.82) is 0 Å². The van der Waals surface area contributed by atoms with Gasteiger partial charge in [-0.15, -0.1) is 0 Å². The smallest absolute Gasteiger partial charge is 0.191 e. The second-order valence-electron chi connectivity index (χ2n) is 5.99. The van der Waals surface area contributed by atoms with E-state index >= 15 is 0 Å². The minimum Gasteiger partial charge on any atom is -0.356 e. The van der Waals surface area contributed by atoms with Crippen molar-refractivity contribution < 1.29 is 0 Å². The van der Waals surface area contributed by atoms with E-state index in [0.29, 0.717) is 6.54 Å². The van der Waals surface area contributed by atoms with Crippen molar-refractivity contribution in [2.24, 2.45) is 4.99 Å². The molecule has 0 radical (unpaired) electrons. The van der Waals surface area contributed by atoms with Crippen LogP contribution in [0.2, 0.25) is 0 Å². The van der Waals surface area contributed by atoms with E-state index < -0.39 is 0 Å². The van der Waals surface area contributed by atoms with E-state index in [-0.39, 0.29) is 5.41 Å². The van der Waals surface area contributed by atoms with Crippen LogP contribution in [0, 0.1) is 0 Å². The summed E-state index contributed by atoms with van der Waals surface area (Å²) in [6, 6.07) is 14.3. The number of guanidine groups is 1. The lowest BCUT2D eigenvalue weighted by molar-refractivity contribution is 0.508. The summed E-state index contributed by atoms with van der Waals surface area (Å²) in [6.45, 7) is 5.88. The van der Waals surface area contributed by atoms with Crippen molar-refractivity contribution in [3.05, 3.63) is 64.4 Å². The van der Waals surface area contributed by atoms with Gasteiger partial charge in [-0.1, -0.05) is 48.0 Å². The van der Waals surface area contributed by atoms with Gasteiger partial charge < -0.3 is 10.6 Å². The zero-order valence-electron chi connectivity index (χ0n) is 13.8. The van der Waals surface area contributed by atoms with Crippen LogP contribution in [0.4, 0.5) is 0 Å². The molecular weight excluding hydrogens is 352 g/mol. The topological polar surface area (TPSA) is 49.3 Å². The van der Waals surface area contributed by atoms with Crippen LogP contribution >= 0.6 is 15.9 Å². The van der Waals surface area contributed by atoms with E-state index in [0.717, 1.165) is 22.7 Å². The first kappa shape index (κ1) is 17.5. The molecule has 0 aliphatic carbocycles. The molecule has 122 valence electrons. The normalized spacial score (nSPS) is 12.1. The number of pyridine rings is 1. The van der Waals surface area contributed by atoms with Crippen molar-refractivity contribution in [3.8, 4) is 0 Å². The Labute approximate surface area is 146 Å². The van der Waals surface area contributed by atoms with E-state index in [9.17, 15) is 0 Å². The van der Waals surface area contributed by atoms with Gasteiger partial charge in [-0.25, -0.2) is 0 Å². The molecule has 0 unspecified atom stereocenters. The van der Waals surface area contributed by atoms with Gasteiger partial charge in [0.25, 0.3) is 0 Å². The molecule has 0 fully saturated rings. The molecule has 5 heteroatoms. The van der Waals surface area contributed by atoms with E-state index in [1.54, 1.807) is 13.2 Å². The van der Waals surface area contributed by atoms with Gasteiger partial charge >= 0.3 is 0 Å². The highest BCUT2D eigenvalue weighted by Crippen LogP contribution is 2.23. The lowest BCUT2D eigenvalue weighted by Crippen LogP contribution is -2.43. The molecule has 2 rings (SSSR count). The number of aliphatic imine (C=N–C) groups is 1. The minimum atomic E-state index is 0.00329. The van der Waals surface area contributed by atoms with Gasteiger partial charge in [0, 0.05) is 29.7 Å². The number of hydrogen-bond donors (Lipinski definition) is 2. The van der Waals surface area contributed by atoms with Crippen LogP contribution in [-0.4, -0.2) is 24.5 Å². The summed E-state index contributed by atoms with van der Waals surface area (Å²) in [5, 5.41) is 6.68. The Morgan fingerprint density at radius 1 is 1.13 bits per heavy atom. The maximum absolute atomic E-state index is 4.30. The molecule has 0 bridgehead atoms. The summed E-state index contributed by atoms with van der Waals surface area (Å²) in [5.74, 6) is 0.779. The second kappa shape index (κ2) is 8.11. The molecule has 0 saturated heterocycles. The van der Waals surface area contributed by atoms with Crippen LogP contribution in [0.3, 0.4) is 0 Å². The van der Waals surface area contributed by atoms with Gasteiger partial charge in [0.1, 0.15) is 0 Å². The van der Waals surface area contributed by atoms with Crippen molar-refractivity contribution >= 4 is 21.9 Å². The third-order valence-electron chi connectivity index (χ3n) is 3.71. The molecule has 1 aromatic heterocycles. The minimum absolute atomic E-state index is 0.00329. The molecule has 0 amide bonds. The highest BCUT2D eigenvalue weighted by Gasteiger charge is 2.20. The van der Waals surface area contributed by atoms with Gasteiger partial charge in [0.2, 0.25) is 0 Å². The standard InChI is InChI=1S/C18H23BrN4/c1-18(2,14-7-9-15(19)10-8-14)13-23-17(20-3)22-12-16-6-4-5-11-21-16/h4-11H,12-13H2,1-3H3,(H2,20,22,23). The molecule has 0 aliphatic heterocycles. The monoisotopic (exact) mass is 374 g/mol. The van der Waals surface area contributed by atoms with Crippen molar-refractivity contribution in [3.63, 3.8) is 0 Å². The van der Waals surface area contributed by atoms with Crippen LogP contribution in [-0.2, 0) is 12.0 Å². The average Bonchev–Trinajstić information content (AvgIpc) is 2.56. The molecule has 2 N–H and O–H groups in total. The van der Waals surface area contributed by atoms with E-state index in [4.69, 9.17) is 0 Å². The Bertz CT molecular complexity index is 636. The number of rotatable bonds is 5. The fourth-order valence-electron chi connectivity index (χ4n) is 2.21. The third-order valence-corrected chi connectivity index (χ3v) is 4.24. The first-order valence-corrected chi connectivity index (χ1v) is 8.41. The maximum Gasteiger partial charge on any atom is 0.191 e. The summed E-state index contributed by atoms with van der Waals surface area (Å²) in [7, 11) is 1.78. The Morgan fingerprint density at radius 3 is 2.48 bits per heavy atom. The predicted molar refractivity (Wildman–Crippen MR) is 99.6 cm³/mol. The average molecular weight is 375 g/mol. The number of aromatic nitrogens is 1. The predicted octanol–water partition coefficient (Wildman–Crippen LogP) is 3.49. The summed E-state index contributed by atoms with van der Waals surface area (Å²) < 4.78 is 1.10. The largest absolute Gasteiger partial charge is 0.356 e. The van der Waals surface area contributed by atoms with Crippen molar-refractivity contribution in [2.75, 3.05) is 13.6 Å². The molecule has 0 saturated carbocycles. The highest BCUT2D eigenvalue weighted by atomic mass is 79.9. The number of nitrogens with one attached hydrogen (secondary N) is 2. The maximum atomic E-state index is 4.30. The lowest BCUT2D eigenvalue weighted by atomic mass is 9.85. The van der Waals surface area contributed by atoms with Crippen LogP contribution in [0.15, 0.2) is 58.1 Å². The number of benzene rings is 1. The summed E-state index contributed by atoms with van der Waals surface area (Å²) in [5.41, 5.74) is 2.28. The Hall–Kier alpha value is -1.88. The zero-order valence-corrected chi connectivity index (χ0v) is 15.4. The number of nitrogens with zero attached hydrogens (tertiary/aromatic N) is 2. The molecule has 0 aliphatic rings. The Morgan fingerprint density at radius 2 is 1.87 bits per heavy atom. The zero-order chi connectivity index (χ0) is 16.7. The third kappa shape index (κ3) is 5.36. The Kier molecular flexibility index (Phi) is 6.16. The fraction of sp³-hybridized carbons (Fsp3) is 0.333. The van der Waals surface area contributed by atoms with Crippen molar-refractivity contribution in [2.45, 2.75) is 25.8 Å². The van der Waals surface area contributed by atoms with Gasteiger partial charge in [-0.3, -0.25) is 9.98 Å². The summed E-state index contributed by atoms with van der Waals surface area (Å²) in [6.07, 6.45) is 1.80. The van der Waals surface area contributed by atoms with Crippen LogP contribution in [0.5, 0.6) is 0 Å². The molecule has 0 spiro atoms. The highest BCUT2D eigenvalue weighted by molar-refractivity contribution is 9.10. The summed E-state index contributed by atoms with van der Waals surface area (Å²) >= 11 is 3.48. The van der Waals surface area contributed by atoms with Crippen LogP contribution in [0.1, 0.15) is 25.1 Å². The molecule has 4 nitrogen and oxygen atoms in total. The summed E-state index contributed by atoms with van der Waals surface area (Å²) in [4.78, 5) is 8.57. The van der Waals surface area contributed by atoms with E-state index in [2.05, 4.69) is 74.7 Å². The molecule has 1 aromatic carbocycles.